The van der Waals surface area contributed by atoms with Gasteiger partial charge in [0, 0.05) is 10.0 Å². The van der Waals surface area contributed by atoms with Gasteiger partial charge in [-0.3, -0.25) is 0 Å². The van der Waals surface area contributed by atoms with E-state index in [2.05, 4.69) is 31.9 Å². The zero-order valence-corrected chi connectivity index (χ0v) is 13.8. The number of rotatable bonds is 3. The lowest BCUT2D eigenvalue weighted by molar-refractivity contribution is 0.410. The Kier molecular flexibility index (Phi) is 4.63. The van der Waals surface area contributed by atoms with Crippen molar-refractivity contribution in [3.8, 4) is 5.75 Å². The van der Waals surface area contributed by atoms with Crippen molar-refractivity contribution < 1.29 is 9.13 Å². The summed E-state index contributed by atoms with van der Waals surface area (Å²) < 4.78 is 20.0. The van der Waals surface area contributed by atoms with Crippen LogP contribution in [-0.4, -0.2) is 7.11 Å². The van der Waals surface area contributed by atoms with Gasteiger partial charge in [-0.15, -0.1) is 0 Å². The molecule has 1 nitrogen and oxygen atoms in total. The van der Waals surface area contributed by atoms with E-state index in [1.165, 1.54) is 0 Å². The van der Waals surface area contributed by atoms with Gasteiger partial charge in [-0.2, -0.15) is 0 Å². The minimum absolute atomic E-state index is 0.116. The van der Waals surface area contributed by atoms with Crippen molar-refractivity contribution in [2.24, 2.45) is 0 Å². The van der Waals surface area contributed by atoms with Crippen molar-refractivity contribution in [2.75, 3.05) is 7.11 Å². The molecule has 0 saturated heterocycles. The average molecular weight is 388 g/mol. The topological polar surface area (TPSA) is 9.23 Å². The number of hydrogen-bond acceptors (Lipinski definition) is 1. The maximum absolute atomic E-state index is 13.7. The lowest BCUT2D eigenvalue weighted by atomic mass is 10.0. The monoisotopic (exact) mass is 386 g/mol. The van der Waals surface area contributed by atoms with Crippen molar-refractivity contribution in [1.29, 1.82) is 0 Å². The van der Waals surface area contributed by atoms with Crippen molar-refractivity contribution in [2.45, 2.75) is 11.8 Å². The highest BCUT2D eigenvalue weighted by Gasteiger charge is 2.16. The van der Waals surface area contributed by atoms with E-state index < -0.39 is 0 Å². The summed E-state index contributed by atoms with van der Waals surface area (Å²) in [6, 6.07) is 11.0. The van der Waals surface area contributed by atoms with E-state index in [0.717, 1.165) is 21.3 Å². The number of benzene rings is 2. The summed E-state index contributed by atoms with van der Waals surface area (Å²) in [4.78, 5) is -0.116. The predicted molar refractivity (Wildman–Crippen MR) is 82.6 cm³/mol. The second kappa shape index (κ2) is 6.06. The molecule has 0 saturated carbocycles. The van der Waals surface area contributed by atoms with Crippen LogP contribution in [0.5, 0.6) is 5.75 Å². The molecule has 0 fully saturated rings. The second-order valence-corrected chi connectivity index (χ2v) is 6.09. The van der Waals surface area contributed by atoms with Gasteiger partial charge >= 0.3 is 0 Å². The van der Waals surface area contributed by atoms with Crippen molar-refractivity contribution >= 4 is 31.9 Å². The number of hydrogen-bond donors (Lipinski definition) is 0. The number of aryl methyl sites for hydroxylation is 1. The predicted octanol–water partition coefficient (Wildman–Crippen LogP) is 5.39. The molecular formula is C15H13Br2FO. The standard InChI is InChI=1S/C15H13Br2FO/c1-9-3-4-10(7-13(9)18)15(17)12-8-11(16)5-6-14(12)19-2/h3-8,15H,1-2H3. The SMILES string of the molecule is COc1ccc(Br)cc1C(Br)c1ccc(C)c(F)c1. The zero-order valence-electron chi connectivity index (χ0n) is 10.6. The molecule has 4 heteroatoms. The van der Waals surface area contributed by atoms with Gasteiger partial charge in [-0.25, -0.2) is 4.39 Å². The highest BCUT2D eigenvalue weighted by Crippen LogP contribution is 2.38. The molecule has 2 aromatic carbocycles. The van der Waals surface area contributed by atoms with Gasteiger partial charge < -0.3 is 4.74 Å². The van der Waals surface area contributed by atoms with Crippen LogP contribution in [0.2, 0.25) is 0 Å². The third-order valence-electron chi connectivity index (χ3n) is 2.95. The molecular weight excluding hydrogens is 375 g/mol. The lowest BCUT2D eigenvalue weighted by Gasteiger charge is -2.15. The first-order chi connectivity index (χ1) is 9.02. The Labute approximate surface area is 129 Å². The lowest BCUT2D eigenvalue weighted by Crippen LogP contribution is -1.98. The molecule has 0 aliphatic carbocycles. The Bertz CT molecular complexity index is 599. The van der Waals surface area contributed by atoms with Crippen molar-refractivity contribution in [3.63, 3.8) is 0 Å². The maximum Gasteiger partial charge on any atom is 0.126 e. The summed E-state index contributed by atoms with van der Waals surface area (Å²) in [6.07, 6.45) is 0. The summed E-state index contributed by atoms with van der Waals surface area (Å²) in [5.41, 5.74) is 2.46. The van der Waals surface area contributed by atoms with Gasteiger partial charge in [-0.1, -0.05) is 44.0 Å². The Hall–Kier alpha value is -0.870. The van der Waals surface area contributed by atoms with Crippen LogP contribution in [0.1, 0.15) is 21.5 Å². The number of methoxy groups -OCH3 is 1. The number of alkyl halides is 1. The van der Waals surface area contributed by atoms with Gasteiger partial charge in [0.15, 0.2) is 0 Å². The van der Waals surface area contributed by atoms with Crippen LogP contribution in [0.4, 0.5) is 4.39 Å². The fourth-order valence-corrected chi connectivity index (χ4v) is 2.87. The van der Waals surface area contributed by atoms with E-state index in [1.54, 1.807) is 26.2 Å². The molecule has 0 spiro atoms. The molecule has 1 atom stereocenters. The quantitative estimate of drug-likeness (QED) is 0.641. The van der Waals surface area contributed by atoms with Crippen LogP contribution in [0, 0.1) is 12.7 Å². The van der Waals surface area contributed by atoms with E-state index in [0.29, 0.717) is 5.56 Å². The largest absolute Gasteiger partial charge is 0.496 e. The van der Waals surface area contributed by atoms with Crippen LogP contribution < -0.4 is 4.74 Å². The number of halogens is 3. The van der Waals surface area contributed by atoms with E-state index in [4.69, 9.17) is 4.74 Å². The fraction of sp³-hybridized carbons (Fsp3) is 0.200. The third kappa shape index (κ3) is 3.18. The Morgan fingerprint density at radius 3 is 2.53 bits per heavy atom. The molecule has 0 heterocycles. The van der Waals surface area contributed by atoms with Gasteiger partial charge in [-0.05, 0) is 42.3 Å². The maximum atomic E-state index is 13.7. The van der Waals surface area contributed by atoms with Gasteiger partial charge in [0.2, 0.25) is 0 Å². The minimum Gasteiger partial charge on any atom is -0.496 e. The molecule has 2 aromatic rings. The first kappa shape index (κ1) is 14.5. The molecule has 1 unspecified atom stereocenters. The van der Waals surface area contributed by atoms with Crippen LogP contribution in [0.15, 0.2) is 40.9 Å². The average Bonchev–Trinajstić information content (AvgIpc) is 2.41. The highest BCUT2D eigenvalue weighted by atomic mass is 79.9. The Morgan fingerprint density at radius 2 is 1.89 bits per heavy atom. The summed E-state index contributed by atoms with van der Waals surface area (Å²) in [5, 5.41) is 0. The molecule has 100 valence electrons. The first-order valence-electron chi connectivity index (χ1n) is 5.76. The third-order valence-corrected chi connectivity index (χ3v) is 4.47. The highest BCUT2D eigenvalue weighted by molar-refractivity contribution is 9.10. The van der Waals surface area contributed by atoms with E-state index in [-0.39, 0.29) is 10.6 Å². The van der Waals surface area contributed by atoms with Crippen LogP contribution in [0.25, 0.3) is 0 Å². The van der Waals surface area contributed by atoms with E-state index in [9.17, 15) is 4.39 Å². The fourth-order valence-electron chi connectivity index (χ4n) is 1.85. The van der Waals surface area contributed by atoms with Crippen molar-refractivity contribution in [1.82, 2.24) is 0 Å². The number of ether oxygens (including phenoxy) is 1. The summed E-state index contributed by atoms with van der Waals surface area (Å²) in [7, 11) is 1.63. The van der Waals surface area contributed by atoms with Gasteiger partial charge in [0.1, 0.15) is 11.6 Å². The molecule has 2 rings (SSSR count). The normalized spacial score (nSPS) is 12.3. The summed E-state index contributed by atoms with van der Waals surface area (Å²) in [6.45, 7) is 1.75. The van der Waals surface area contributed by atoms with Gasteiger partial charge in [0.25, 0.3) is 0 Å². The molecule has 19 heavy (non-hydrogen) atoms. The molecule has 0 bridgehead atoms. The zero-order chi connectivity index (χ0) is 14.0. The van der Waals surface area contributed by atoms with Crippen LogP contribution in [0.3, 0.4) is 0 Å². The van der Waals surface area contributed by atoms with E-state index in [1.807, 2.05) is 24.3 Å². The summed E-state index contributed by atoms with van der Waals surface area (Å²) in [5.74, 6) is 0.571. The minimum atomic E-state index is -0.198. The van der Waals surface area contributed by atoms with Crippen LogP contribution in [-0.2, 0) is 0 Å². The molecule has 0 aliphatic rings. The molecule has 0 N–H and O–H groups in total. The smallest absolute Gasteiger partial charge is 0.126 e. The molecule has 0 radical (unpaired) electrons. The summed E-state index contributed by atoms with van der Waals surface area (Å²) >= 11 is 7.05. The molecule has 0 aromatic heterocycles. The van der Waals surface area contributed by atoms with E-state index >= 15 is 0 Å². The Balaban J connectivity index is 2.45. The Morgan fingerprint density at radius 1 is 1.16 bits per heavy atom. The van der Waals surface area contributed by atoms with Gasteiger partial charge in [0.05, 0.1) is 11.9 Å². The van der Waals surface area contributed by atoms with Crippen LogP contribution >= 0.6 is 31.9 Å². The second-order valence-electron chi connectivity index (χ2n) is 4.26. The first-order valence-corrected chi connectivity index (χ1v) is 7.47. The molecule has 0 amide bonds. The molecule has 0 aliphatic heterocycles. The van der Waals surface area contributed by atoms with Crippen molar-refractivity contribution in [3.05, 3.63) is 63.4 Å².